The van der Waals surface area contributed by atoms with Gasteiger partial charge < -0.3 is 15.2 Å². The number of carbonyl (C=O) groups is 2. The molecule has 0 fully saturated rings. The van der Waals surface area contributed by atoms with Crippen LogP contribution < -0.4 is 5.32 Å². The molecule has 0 radical (unpaired) electrons. The molecule has 1 atom stereocenters. The Balaban J connectivity index is 1.47. The van der Waals surface area contributed by atoms with E-state index < -0.39 is 29.4 Å². The minimum Gasteiger partial charge on any atom is -0.481 e. The van der Waals surface area contributed by atoms with Crippen LogP contribution in [0.2, 0.25) is 0 Å². The molecule has 0 saturated carbocycles. The summed E-state index contributed by atoms with van der Waals surface area (Å²) in [5, 5.41) is 22.8. The predicted molar refractivity (Wildman–Crippen MR) is 116 cm³/mol. The first-order valence-electron chi connectivity index (χ1n) is 10.0. The van der Waals surface area contributed by atoms with Gasteiger partial charge in [-0.1, -0.05) is 54.6 Å². The van der Waals surface area contributed by atoms with E-state index in [0.717, 1.165) is 23.1 Å². The van der Waals surface area contributed by atoms with Gasteiger partial charge in [-0.25, -0.2) is 4.79 Å². The van der Waals surface area contributed by atoms with E-state index in [1.807, 2.05) is 30.3 Å². The van der Waals surface area contributed by atoms with Gasteiger partial charge in [0.1, 0.15) is 6.61 Å². The monoisotopic (exact) mass is 432 g/mol. The van der Waals surface area contributed by atoms with Crippen molar-refractivity contribution >= 4 is 17.7 Å². The fourth-order valence-corrected chi connectivity index (χ4v) is 3.97. The van der Waals surface area contributed by atoms with Crippen molar-refractivity contribution in [1.29, 1.82) is 0 Å². The molecule has 0 bridgehead atoms. The van der Waals surface area contributed by atoms with Crippen molar-refractivity contribution in [3.63, 3.8) is 0 Å². The van der Waals surface area contributed by atoms with E-state index in [4.69, 9.17) is 4.74 Å². The van der Waals surface area contributed by atoms with Gasteiger partial charge >= 0.3 is 12.1 Å². The molecule has 32 heavy (non-hydrogen) atoms. The van der Waals surface area contributed by atoms with Crippen molar-refractivity contribution in [2.75, 3.05) is 0 Å². The lowest BCUT2D eigenvalue weighted by Crippen LogP contribution is -2.30. The van der Waals surface area contributed by atoms with E-state index in [9.17, 15) is 24.8 Å². The van der Waals surface area contributed by atoms with Crippen molar-refractivity contribution in [2.45, 2.75) is 25.5 Å². The highest BCUT2D eigenvalue weighted by atomic mass is 16.6. The molecule has 1 amide bonds. The average molecular weight is 432 g/mol. The first-order valence-corrected chi connectivity index (χ1v) is 10.0. The summed E-state index contributed by atoms with van der Waals surface area (Å²) >= 11 is 0. The summed E-state index contributed by atoms with van der Waals surface area (Å²) in [7, 11) is 0. The molecule has 3 aromatic carbocycles. The van der Waals surface area contributed by atoms with Crippen molar-refractivity contribution in [3.05, 3.63) is 99.1 Å². The maximum atomic E-state index is 12.5. The number of fused-ring (bicyclic) bond motifs is 3. The van der Waals surface area contributed by atoms with Gasteiger partial charge in [-0.15, -0.1) is 0 Å². The minimum absolute atomic E-state index is 0.0255. The summed E-state index contributed by atoms with van der Waals surface area (Å²) < 4.78 is 5.39. The van der Waals surface area contributed by atoms with Crippen molar-refractivity contribution in [3.8, 4) is 11.1 Å². The summed E-state index contributed by atoms with van der Waals surface area (Å²) in [4.78, 5) is 34.2. The zero-order valence-corrected chi connectivity index (χ0v) is 17.0. The molecular formula is C24H20N2O6. The Hall–Kier alpha value is -4.20. The molecule has 0 saturated heterocycles. The summed E-state index contributed by atoms with van der Waals surface area (Å²) in [5.74, 6) is -1.15. The molecule has 1 aliphatic carbocycles. The molecule has 162 valence electrons. The number of non-ortho nitro benzene ring substituents is 1. The van der Waals surface area contributed by atoms with Gasteiger partial charge in [0.05, 0.1) is 17.4 Å². The van der Waals surface area contributed by atoms with Gasteiger partial charge in [-0.2, -0.15) is 0 Å². The van der Waals surface area contributed by atoms with Gasteiger partial charge in [-0.05, 0) is 39.8 Å². The molecule has 0 heterocycles. The molecule has 8 nitrogen and oxygen atoms in total. The number of alkyl carbamates (subject to hydrolysis) is 1. The van der Waals surface area contributed by atoms with Crippen LogP contribution in [0.4, 0.5) is 10.5 Å². The number of hydrogen-bond acceptors (Lipinski definition) is 5. The second-order valence-electron chi connectivity index (χ2n) is 7.50. The lowest BCUT2D eigenvalue weighted by atomic mass is 10.0. The Labute approximate surface area is 183 Å². The number of ether oxygens (including phenoxy) is 1. The number of carbonyl (C=O) groups excluding carboxylic acids is 1. The molecule has 1 aliphatic rings. The van der Waals surface area contributed by atoms with Gasteiger partial charge in [0, 0.05) is 12.1 Å². The summed E-state index contributed by atoms with van der Waals surface area (Å²) in [6.45, 7) is 0.0255. The first-order chi connectivity index (χ1) is 15.4. The van der Waals surface area contributed by atoms with Crippen molar-refractivity contribution in [2.24, 2.45) is 0 Å². The Kier molecular flexibility index (Phi) is 5.85. The molecular weight excluding hydrogens is 412 g/mol. The van der Waals surface area contributed by atoms with E-state index in [-0.39, 0.29) is 12.3 Å². The van der Waals surface area contributed by atoms with Crippen LogP contribution in [0.5, 0.6) is 0 Å². The predicted octanol–water partition coefficient (Wildman–Crippen LogP) is 4.61. The van der Waals surface area contributed by atoms with Crippen molar-refractivity contribution < 1.29 is 24.4 Å². The Morgan fingerprint density at radius 3 is 2.59 bits per heavy atom. The smallest absolute Gasteiger partial charge is 0.407 e. The highest BCUT2D eigenvalue weighted by Crippen LogP contribution is 2.38. The largest absolute Gasteiger partial charge is 0.481 e. The SMILES string of the molecule is O=C(O)C[C@@H](NC(=O)OCc1cccc2c1Cc1ccccc1-2)c1cccc([N+](=O)[O-])c1. The Morgan fingerprint density at radius 2 is 1.81 bits per heavy atom. The van der Waals surface area contributed by atoms with Crippen LogP contribution in [-0.4, -0.2) is 22.1 Å². The van der Waals surface area contributed by atoms with Crippen LogP contribution in [0.3, 0.4) is 0 Å². The lowest BCUT2D eigenvalue weighted by Gasteiger charge is -2.18. The maximum Gasteiger partial charge on any atom is 0.407 e. The van der Waals surface area contributed by atoms with E-state index in [2.05, 4.69) is 17.4 Å². The number of amides is 1. The van der Waals surface area contributed by atoms with Crippen LogP contribution in [0, 0.1) is 10.1 Å². The fraction of sp³-hybridized carbons (Fsp3) is 0.167. The van der Waals surface area contributed by atoms with Crippen LogP contribution in [0.1, 0.15) is 34.7 Å². The summed E-state index contributed by atoms with van der Waals surface area (Å²) in [6.07, 6.45) is -0.482. The normalized spacial score (nSPS) is 12.4. The molecule has 8 heteroatoms. The van der Waals surface area contributed by atoms with Gasteiger partial charge in [0.2, 0.25) is 0 Å². The first kappa shape index (κ1) is 21.0. The fourth-order valence-electron chi connectivity index (χ4n) is 3.97. The van der Waals surface area contributed by atoms with Gasteiger partial charge in [0.25, 0.3) is 5.69 Å². The number of nitrogens with one attached hydrogen (secondary N) is 1. The number of aliphatic carboxylic acids is 1. The number of carboxylic acid groups (broad SMARTS) is 1. The van der Waals surface area contributed by atoms with Crippen LogP contribution >= 0.6 is 0 Å². The number of nitro groups is 1. The second kappa shape index (κ2) is 8.89. The van der Waals surface area contributed by atoms with E-state index in [1.165, 1.54) is 35.4 Å². The highest BCUT2D eigenvalue weighted by Gasteiger charge is 2.23. The molecule has 4 rings (SSSR count). The lowest BCUT2D eigenvalue weighted by molar-refractivity contribution is -0.384. The third-order valence-electron chi connectivity index (χ3n) is 5.46. The van der Waals surface area contributed by atoms with Crippen LogP contribution in [-0.2, 0) is 22.6 Å². The van der Waals surface area contributed by atoms with Gasteiger partial charge in [0.15, 0.2) is 0 Å². The Morgan fingerprint density at radius 1 is 1.06 bits per heavy atom. The number of nitro benzene ring substituents is 1. The van der Waals surface area contributed by atoms with E-state index in [1.54, 1.807) is 0 Å². The van der Waals surface area contributed by atoms with Crippen molar-refractivity contribution in [1.82, 2.24) is 5.32 Å². The molecule has 0 aliphatic heterocycles. The highest BCUT2D eigenvalue weighted by molar-refractivity contribution is 5.78. The molecule has 0 aromatic heterocycles. The van der Waals surface area contributed by atoms with E-state index in [0.29, 0.717) is 5.56 Å². The third-order valence-corrected chi connectivity index (χ3v) is 5.46. The molecule has 3 aromatic rings. The van der Waals surface area contributed by atoms with Crippen LogP contribution in [0.25, 0.3) is 11.1 Å². The number of hydrogen-bond donors (Lipinski definition) is 2. The summed E-state index contributed by atoms with van der Waals surface area (Å²) in [5.41, 5.74) is 5.60. The number of benzene rings is 3. The molecule has 0 unspecified atom stereocenters. The molecule has 2 N–H and O–H groups in total. The number of rotatable bonds is 7. The van der Waals surface area contributed by atoms with E-state index >= 15 is 0 Å². The second-order valence-corrected chi connectivity index (χ2v) is 7.50. The number of nitrogens with zero attached hydrogens (tertiary/aromatic N) is 1. The number of carboxylic acids is 1. The minimum atomic E-state index is -1.15. The molecule has 0 spiro atoms. The van der Waals surface area contributed by atoms with Gasteiger partial charge in [-0.3, -0.25) is 14.9 Å². The van der Waals surface area contributed by atoms with Crippen LogP contribution in [0.15, 0.2) is 66.7 Å². The standard InChI is InChI=1S/C24H20N2O6/c27-23(28)13-22(16-6-3-8-18(11-16)26(30)31)25-24(29)32-14-17-7-4-10-20-19-9-2-1-5-15(19)12-21(17)20/h1-11,22H,12-14H2,(H,25,29)(H,27,28)/t22-/m1/s1. The topological polar surface area (TPSA) is 119 Å². The third kappa shape index (κ3) is 4.44. The summed E-state index contributed by atoms with van der Waals surface area (Å²) in [6, 6.07) is 18.5. The zero-order valence-electron chi connectivity index (χ0n) is 17.0. The quantitative estimate of drug-likeness (QED) is 0.325. The average Bonchev–Trinajstić information content (AvgIpc) is 3.16. The zero-order chi connectivity index (χ0) is 22.7. The maximum absolute atomic E-state index is 12.5. The Bertz CT molecular complexity index is 1210.